The third kappa shape index (κ3) is 2.42. The molecule has 4 rings (SSSR count). The summed E-state index contributed by atoms with van der Waals surface area (Å²) in [6, 6.07) is 4.06. The van der Waals surface area contributed by atoms with Crippen LogP contribution in [0.4, 0.5) is 10.3 Å². The normalized spacial score (nSPS) is 25.9. The van der Waals surface area contributed by atoms with Gasteiger partial charge in [0, 0.05) is 28.5 Å². The first kappa shape index (κ1) is 15.4. The highest BCUT2D eigenvalue weighted by Crippen LogP contribution is 2.47. The summed E-state index contributed by atoms with van der Waals surface area (Å²) in [7, 11) is 0. The van der Waals surface area contributed by atoms with Gasteiger partial charge in [-0.25, -0.2) is 19.4 Å². The number of nitrogens with zero attached hydrogens (tertiary/aromatic N) is 5. The summed E-state index contributed by atoms with van der Waals surface area (Å²) in [5.41, 5.74) is 6.15. The second-order valence-corrected chi connectivity index (χ2v) is 7.73. The van der Waals surface area contributed by atoms with Crippen molar-refractivity contribution in [3.63, 3.8) is 0 Å². The molecule has 2 unspecified atom stereocenters. The predicted molar refractivity (Wildman–Crippen MR) is 92.5 cm³/mol. The molecule has 0 aromatic carbocycles. The van der Waals surface area contributed by atoms with E-state index in [4.69, 9.17) is 16.0 Å². The zero-order valence-electron chi connectivity index (χ0n) is 12.5. The summed E-state index contributed by atoms with van der Waals surface area (Å²) < 4.78 is 13.1. The number of nitrogens with two attached hydrogens (primary N) is 1. The number of nitriles is 1. The van der Waals surface area contributed by atoms with Gasteiger partial charge in [-0.3, -0.25) is 0 Å². The summed E-state index contributed by atoms with van der Waals surface area (Å²) in [6.07, 6.45) is 2.34. The van der Waals surface area contributed by atoms with Gasteiger partial charge < -0.3 is 10.6 Å². The van der Waals surface area contributed by atoms with Crippen LogP contribution in [0.3, 0.4) is 0 Å². The van der Waals surface area contributed by atoms with Crippen LogP contribution in [0.2, 0.25) is 0 Å². The Morgan fingerprint density at radius 3 is 2.92 bits per heavy atom. The summed E-state index contributed by atoms with van der Waals surface area (Å²) in [4.78, 5) is 16.0. The molecule has 0 amide bonds. The molecule has 2 aromatic heterocycles. The summed E-state index contributed by atoms with van der Waals surface area (Å²) >= 11 is 3.07. The topological polar surface area (TPSA) is 91.2 Å². The summed E-state index contributed by atoms with van der Waals surface area (Å²) in [5, 5.41) is 11.5. The number of thiophene rings is 1. The van der Waals surface area contributed by atoms with Gasteiger partial charge in [-0.05, 0) is 6.07 Å². The highest BCUT2D eigenvalue weighted by Gasteiger charge is 2.51. The van der Waals surface area contributed by atoms with Crippen LogP contribution in [-0.4, -0.2) is 34.0 Å². The van der Waals surface area contributed by atoms with Gasteiger partial charge in [0.2, 0.25) is 5.95 Å². The van der Waals surface area contributed by atoms with E-state index in [1.54, 1.807) is 0 Å². The smallest absolute Gasteiger partial charge is 0.225 e. The minimum atomic E-state index is -0.493. The van der Waals surface area contributed by atoms with Crippen LogP contribution in [0.15, 0.2) is 28.8 Å². The number of hydrogen-bond acceptors (Lipinski definition) is 8. The Morgan fingerprint density at radius 1 is 1.42 bits per heavy atom. The van der Waals surface area contributed by atoms with Gasteiger partial charge in [0.15, 0.2) is 11.0 Å². The molecule has 0 bridgehead atoms. The third-order valence-electron chi connectivity index (χ3n) is 4.33. The molecule has 1 fully saturated rings. The number of anilines is 1. The molecule has 0 spiro atoms. The lowest BCUT2D eigenvalue weighted by Crippen LogP contribution is -2.39. The molecule has 9 heteroatoms. The molecular weight excluding hydrogens is 347 g/mol. The summed E-state index contributed by atoms with van der Waals surface area (Å²) in [6.45, 7) is 1.28. The molecule has 0 radical (unpaired) electrons. The minimum absolute atomic E-state index is 0.230. The van der Waals surface area contributed by atoms with Crippen molar-refractivity contribution in [2.45, 2.75) is 5.54 Å². The standard InChI is InChI=1S/C15H13FN6S2/c16-11-3-19-14(20-4-11)22-5-10-7-24-13(18)21-15(10,8-22)12-1-9(2-17)6-23-12/h1,3-4,6,10H,5,7-8H2,(H2,18,21). The number of halogens is 1. The maximum absolute atomic E-state index is 13.1. The Bertz CT molecular complexity index is 842. The number of aliphatic imine (C=N–C) groups is 1. The van der Waals surface area contributed by atoms with Crippen molar-refractivity contribution in [3.8, 4) is 6.07 Å². The molecule has 122 valence electrons. The predicted octanol–water partition coefficient (Wildman–Crippen LogP) is 1.94. The second-order valence-electron chi connectivity index (χ2n) is 5.78. The molecule has 2 aliphatic heterocycles. The number of rotatable bonds is 2. The van der Waals surface area contributed by atoms with E-state index >= 15 is 0 Å². The second kappa shape index (κ2) is 5.72. The maximum Gasteiger partial charge on any atom is 0.225 e. The first-order valence-electron chi connectivity index (χ1n) is 7.30. The first-order chi connectivity index (χ1) is 11.6. The average molecular weight is 360 g/mol. The van der Waals surface area contributed by atoms with E-state index in [0.717, 1.165) is 17.2 Å². The van der Waals surface area contributed by atoms with Crippen LogP contribution in [-0.2, 0) is 5.54 Å². The fraction of sp³-hybridized carbons (Fsp3) is 0.333. The van der Waals surface area contributed by atoms with E-state index in [0.29, 0.717) is 23.2 Å². The van der Waals surface area contributed by atoms with Crippen molar-refractivity contribution in [1.82, 2.24) is 9.97 Å². The van der Waals surface area contributed by atoms with Crippen molar-refractivity contribution in [2.24, 2.45) is 16.6 Å². The largest absolute Gasteiger partial charge is 0.379 e. The fourth-order valence-electron chi connectivity index (χ4n) is 3.21. The van der Waals surface area contributed by atoms with Crippen molar-refractivity contribution in [2.75, 3.05) is 23.7 Å². The SMILES string of the molecule is N#Cc1csc(C23CN(c4ncc(F)cn4)CC2CSC(N)=N3)c1. The average Bonchev–Trinajstić information content (AvgIpc) is 3.20. The van der Waals surface area contributed by atoms with Crippen LogP contribution in [0.5, 0.6) is 0 Å². The Kier molecular flexibility index (Phi) is 3.66. The quantitative estimate of drug-likeness (QED) is 0.880. The zero-order chi connectivity index (χ0) is 16.7. The molecule has 4 heterocycles. The highest BCUT2D eigenvalue weighted by atomic mass is 32.2. The first-order valence-corrected chi connectivity index (χ1v) is 9.17. The third-order valence-corrected chi connectivity index (χ3v) is 6.39. The monoisotopic (exact) mass is 360 g/mol. The maximum atomic E-state index is 13.1. The van der Waals surface area contributed by atoms with E-state index in [1.807, 2.05) is 16.3 Å². The van der Waals surface area contributed by atoms with E-state index in [1.165, 1.54) is 35.5 Å². The molecule has 2 aromatic rings. The van der Waals surface area contributed by atoms with Crippen molar-refractivity contribution in [1.29, 1.82) is 5.26 Å². The fourth-order valence-corrected chi connectivity index (χ4v) is 5.24. The Hall–Kier alpha value is -2.18. The number of aromatic nitrogens is 2. The van der Waals surface area contributed by atoms with E-state index in [9.17, 15) is 4.39 Å². The van der Waals surface area contributed by atoms with Crippen molar-refractivity contribution < 1.29 is 4.39 Å². The molecule has 6 nitrogen and oxygen atoms in total. The minimum Gasteiger partial charge on any atom is -0.379 e. The zero-order valence-corrected chi connectivity index (χ0v) is 14.1. The molecule has 24 heavy (non-hydrogen) atoms. The Morgan fingerprint density at radius 2 is 2.21 bits per heavy atom. The van der Waals surface area contributed by atoms with E-state index in [-0.39, 0.29) is 5.92 Å². The summed E-state index contributed by atoms with van der Waals surface area (Å²) in [5.74, 6) is 1.10. The van der Waals surface area contributed by atoms with Gasteiger partial charge in [-0.2, -0.15) is 5.26 Å². The molecular formula is C15H13FN6S2. The lowest BCUT2D eigenvalue weighted by atomic mass is 9.87. The van der Waals surface area contributed by atoms with Gasteiger partial charge in [-0.1, -0.05) is 11.8 Å². The number of hydrogen-bond donors (Lipinski definition) is 1. The number of fused-ring (bicyclic) bond motifs is 1. The lowest BCUT2D eigenvalue weighted by Gasteiger charge is -2.33. The van der Waals surface area contributed by atoms with E-state index in [2.05, 4.69) is 16.0 Å². The van der Waals surface area contributed by atoms with Crippen LogP contribution in [0, 0.1) is 23.1 Å². The van der Waals surface area contributed by atoms with Crippen LogP contribution >= 0.6 is 23.1 Å². The molecule has 2 aliphatic rings. The molecule has 2 atom stereocenters. The number of thioether (sulfide) groups is 1. The molecule has 1 saturated heterocycles. The van der Waals surface area contributed by atoms with Crippen molar-refractivity contribution >= 4 is 34.2 Å². The van der Waals surface area contributed by atoms with E-state index < -0.39 is 11.4 Å². The van der Waals surface area contributed by atoms with Crippen LogP contribution < -0.4 is 10.6 Å². The molecule has 2 N–H and O–H groups in total. The van der Waals surface area contributed by atoms with Crippen LogP contribution in [0.25, 0.3) is 0 Å². The van der Waals surface area contributed by atoms with Gasteiger partial charge in [0.25, 0.3) is 0 Å². The Balaban J connectivity index is 1.75. The van der Waals surface area contributed by atoms with Gasteiger partial charge in [-0.15, -0.1) is 11.3 Å². The highest BCUT2D eigenvalue weighted by molar-refractivity contribution is 8.13. The van der Waals surface area contributed by atoms with Gasteiger partial charge in [0.05, 0.1) is 24.5 Å². The van der Waals surface area contributed by atoms with Crippen molar-refractivity contribution in [3.05, 3.63) is 40.1 Å². The number of amidine groups is 1. The van der Waals surface area contributed by atoms with Gasteiger partial charge in [0.1, 0.15) is 11.6 Å². The Labute approximate surface area is 146 Å². The molecule has 0 aliphatic carbocycles. The van der Waals surface area contributed by atoms with Gasteiger partial charge >= 0.3 is 0 Å². The molecule has 0 saturated carbocycles. The lowest BCUT2D eigenvalue weighted by molar-refractivity contribution is 0.395. The van der Waals surface area contributed by atoms with Crippen LogP contribution in [0.1, 0.15) is 10.4 Å².